The third kappa shape index (κ3) is 6.70. The third-order valence-electron chi connectivity index (χ3n) is 4.88. The van der Waals surface area contributed by atoms with E-state index >= 15 is 0 Å². The second-order valence-electron chi connectivity index (χ2n) is 7.30. The molecule has 3 rings (SSSR count). The number of allylic oxidation sites excluding steroid dienone is 1. The smallest absolute Gasteiger partial charge is 0.434 e. The molecular weight excluding hydrogens is 396 g/mol. The molecule has 0 saturated heterocycles. The summed E-state index contributed by atoms with van der Waals surface area (Å²) >= 11 is 0. The monoisotopic (exact) mass is 422 g/mol. The number of rotatable bonds is 8. The molecule has 0 aromatic heterocycles. The van der Waals surface area contributed by atoms with Gasteiger partial charge in [-0.25, -0.2) is 4.79 Å². The van der Waals surface area contributed by atoms with Crippen LogP contribution in [-0.2, 0) is 16.1 Å². The van der Waals surface area contributed by atoms with Crippen molar-refractivity contribution in [2.45, 2.75) is 33.2 Å². The van der Waals surface area contributed by atoms with Crippen molar-refractivity contribution in [3.63, 3.8) is 0 Å². The lowest BCUT2D eigenvalue weighted by molar-refractivity contribution is -0.116. The van der Waals surface area contributed by atoms with Crippen molar-refractivity contribution in [2.75, 3.05) is 11.9 Å². The van der Waals surface area contributed by atoms with E-state index in [1.165, 1.54) is 12.1 Å². The number of carbonyl (C=O) groups is 3. The summed E-state index contributed by atoms with van der Waals surface area (Å²) in [6.07, 6.45) is 3.16. The highest BCUT2D eigenvalue weighted by Gasteiger charge is 2.23. The second kappa shape index (κ2) is 10.4. The Hall–Kier alpha value is -3.61. The van der Waals surface area contributed by atoms with Gasteiger partial charge in [0, 0.05) is 23.9 Å². The van der Waals surface area contributed by atoms with Crippen molar-refractivity contribution in [3.05, 3.63) is 71.3 Å². The predicted octanol–water partition coefficient (Wildman–Crippen LogP) is 4.45. The van der Waals surface area contributed by atoms with Gasteiger partial charge in [-0.3, -0.25) is 9.59 Å². The molecule has 1 aliphatic rings. The molecular formula is C24H26N2O5. The van der Waals surface area contributed by atoms with E-state index in [1.54, 1.807) is 31.2 Å². The van der Waals surface area contributed by atoms with E-state index in [4.69, 9.17) is 9.47 Å². The molecule has 0 unspecified atom stereocenters. The van der Waals surface area contributed by atoms with E-state index in [0.717, 1.165) is 24.0 Å². The maximum Gasteiger partial charge on any atom is 0.513 e. The van der Waals surface area contributed by atoms with Gasteiger partial charge >= 0.3 is 6.16 Å². The second-order valence-corrected chi connectivity index (χ2v) is 7.30. The van der Waals surface area contributed by atoms with Crippen LogP contribution in [0.2, 0.25) is 0 Å². The molecule has 0 radical (unpaired) electrons. The van der Waals surface area contributed by atoms with Crippen LogP contribution in [0.3, 0.4) is 0 Å². The van der Waals surface area contributed by atoms with Gasteiger partial charge in [-0.2, -0.15) is 0 Å². The third-order valence-corrected chi connectivity index (χ3v) is 4.88. The van der Waals surface area contributed by atoms with Crippen LogP contribution < -0.4 is 15.4 Å². The Balaban J connectivity index is 1.59. The highest BCUT2D eigenvalue weighted by molar-refractivity contribution is 6.04. The van der Waals surface area contributed by atoms with Gasteiger partial charge in [0.1, 0.15) is 5.75 Å². The number of benzene rings is 2. The van der Waals surface area contributed by atoms with Crippen LogP contribution in [0.15, 0.2) is 60.2 Å². The Morgan fingerprint density at radius 1 is 1.06 bits per heavy atom. The lowest BCUT2D eigenvalue weighted by Gasteiger charge is -2.12. The molecule has 0 bridgehead atoms. The number of nitrogens with one attached hydrogen (secondary N) is 2. The first-order valence-corrected chi connectivity index (χ1v) is 10.3. The summed E-state index contributed by atoms with van der Waals surface area (Å²) in [7, 11) is 0. The summed E-state index contributed by atoms with van der Waals surface area (Å²) in [5, 5.41) is 5.74. The molecule has 2 amide bonds. The molecule has 162 valence electrons. The number of hydrogen-bond donors (Lipinski definition) is 2. The average molecular weight is 422 g/mol. The molecule has 31 heavy (non-hydrogen) atoms. The van der Waals surface area contributed by atoms with Gasteiger partial charge in [0.15, 0.2) is 0 Å². The number of anilines is 1. The van der Waals surface area contributed by atoms with E-state index in [0.29, 0.717) is 23.7 Å². The van der Waals surface area contributed by atoms with Crippen molar-refractivity contribution in [2.24, 2.45) is 5.92 Å². The number of hydrogen-bond acceptors (Lipinski definition) is 5. The summed E-state index contributed by atoms with van der Waals surface area (Å²) in [6, 6.07) is 13.4. The van der Waals surface area contributed by atoms with Gasteiger partial charge in [-0.1, -0.05) is 23.8 Å². The Morgan fingerprint density at radius 2 is 1.77 bits per heavy atom. The Bertz CT molecular complexity index is 978. The molecule has 1 saturated carbocycles. The summed E-state index contributed by atoms with van der Waals surface area (Å²) in [5.41, 5.74) is 2.92. The highest BCUT2D eigenvalue weighted by atomic mass is 16.7. The fourth-order valence-electron chi connectivity index (χ4n) is 3.01. The largest absolute Gasteiger partial charge is 0.513 e. The van der Waals surface area contributed by atoms with Crippen molar-refractivity contribution in [1.29, 1.82) is 0 Å². The Kier molecular flexibility index (Phi) is 7.43. The predicted molar refractivity (Wildman–Crippen MR) is 117 cm³/mol. The standard InChI is InChI=1S/C24H26N2O5/c1-3-30-24(29)31-20-12-10-18(11-13-20)23(28)26-21-7-5-4-6-19(21)15-25-22(27)14-16(2)17-8-9-17/h4-7,10-14,17H,3,8-9,15H2,1-2H3,(H,25,27)(H,26,28)/b16-14+. The van der Waals surface area contributed by atoms with Crippen LogP contribution in [0.25, 0.3) is 0 Å². The first-order chi connectivity index (χ1) is 15.0. The van der Waals surface area contributed by atoms with Crippen LogP contribution in [0.4, 0.5) is 10.5 Å². The minimum absolute atomic E-state index is 0.136. The fraction of sp³-hybridized carbons (Fsp3) is 0.292. The number of carbonyl (C=O) groups excluding carboxylic acids is 3. The topological polar surface area (TPSA) is 93.7 Å². The maximum absolute atomic E-state index is 12.6. The molecule has 2 aromatic carbocycles. The van der Waals surface area contributed by atoms with Crippen molar-refractivity contribution in [3.8, 4) is 5.75 Å². The average Bonchev–Trinajstić information content (AvgIpc) is 3.59. The molecule has 2 N–H and O–H groups in total. The van der Waals surface area contributed by atoms with Crippen molar-refractivity contribution >= 4 is 23.7 Å². The summed E-state index contributed by atoms with van der Waals surface area (Å²) in [5.74, 6) is 0.382. The van der Waals surface area contributed by atoms with Gasteiger partial charge in [0.05, 0.1) is 6.61 Å². The number of ether oxygens (including phenoxy) is 2. The quantitative estimate of drug-likeness (QED) is 0.372. The van der Waals surface area contributed by atoms with E-state index in [-0.39, 0.29) is 24.2 Å². The fourth-order valence-corrected chi connectivity index (χ4v) is 3.01. The van der Waals surface area contributed by atoms with Crippen molar-refractivity contribution in [1.82, 2.24) is 5.32 Å². The maximum atomic E-state index is 12.6. The first-order valence-electron chi connectivity index (χ1n) is 10.3. The van der Waals surface area contributed by atoms with Crippen LogP contribution in [-0.4, -0.2) is 24.6 Å². The van der Waals surface area contributed by atoms with Gasteiger partial charge in [0.2, 0.25) is 5.91 Å². The zero-order chi connectivity index (χ0) is 22.2. The minimum atomic E-state index is -0.794. The van der Waals surface area contributed by atoms with Gasteiger partial charge in [-0.15, -0.1) is 0 Å². The van der Waals surface area contributed by atoms with Gasteiger partial charge in [0.25, 0.3) is 5.91 Å². The van der Waals surface area contributed by atoms with Crippen LogP contribution >= 0.6 is 0 Å². The van der Waals surface area contributed by atoms with Crippen LogP contribution in [0, 0.1) is 5.92 Å². The van der Waals surface area contributed by atoms with E-state index in [1.807, 2.05) is 25.1 Å². The number of amides is 2. The minimum Gasteiger partial charge on any atom is -0.434 e. The van der Waals surface area contributed by atoms with Gasteiger partial charge < -0.3 is 20.1 Å². The van der Waals surface area contributed by atoms with Gasteiger partial charge in [-0.05, 0) is 68.5 Å². The number of para-hydroxylation sites is 1. The highest BCUT2D eigenvalue weighted by Crippen LogP contribution is 2.35. The molecule has 0 heterocycles. The SMILES string of the molecule is CCOC(=O)Oc1ccc(C(=O)Nc2ccccc2CNC(=O)/C=C(\C)C2CC2)cc1. The molecule has 1 aliphatic carbocycles. The zero-order valence-electron chi connectivity index (χ0n) is 17.6. The Morgan fingerprint density at radius 3 is 2.45 bits per heavy atom. The lowest BCUT2D eigenvalue weighted by atomic mass is 10.1. The molecule has 2 aromatic rings. The summed E-state index contributed by atoms with van der Waals surface area (Å²) in [6.45, 7) is 4.18. The first kappa shape index (κ1) is 22.1. The molecule has 0 spiro atoms. The summed E-state index contributed by atoms with van der Waals surface area (Å²) in [4.78, 5) is 36.1. The van der Waals surface area contributed by atoms with Crippen LogP contribution in [0.1, 0.15) is 42.6 Å². The lowest BCUT2D eigenvalue weighted by Crippen LogP contribution is -2.22. The molecule has 7 nitrogen and oxygen atoms in total. The normalized spacial score (nSPS) is 13.3. The Labute approximate surface area is 181 Å². The molecule has 7 heteroatoms. The van der Waals surface area contributed by atoms with E-state index in [2.05, 4.69) is 10.6 Å². The molecule has 0 atom stereocenters. The summed E-state index contributed by atoms with van der Waals surface area (Å²) < 4.78 is 9.71. The van der Waals surface area contributed by atoms with E-state index < -0.39 is 6.16 Å². The van der Waals surface area contributed by atoms with Crippen LogP contribution in [0.5, 0.6) is 5.75 Å². The molecule has 0 aliphatic heterocycles. The molecule has 1 fully saturated rings. The van der Waals surface area contributed by atoms with E-state index in [9.17, 15) is 14.4 Å². The zero-order valence-corrected chi connectivity index (χ0v) is 17.6. The van der Waals surface area contributed by atoms with Crippen molar-refractivity contribution < 1.29 is 23.9 Å².